The fourth-order valence-corrected chi connectivity index (χ4v) is 14.7. The number of benzene rings is 4. The second-order valence-electron chi connectivity index (χ2n) is 21.2. The molecular formula is C60H89NO3S4. The van der Waals surface area contributed by atoms with Gasteiger partial charge < -0.3 is 4.90 Å². The van der Waals surface area contributed by atoms with Crippen LogP contribution in [0.3, 0.4) is 0 Å². The van der Waals surface area contributed by atoms with Crippen LogP contribution >= 0.6 is 35.3 Å². The Hall–Kier alpha value is -2.20. The maximum atomic E-state index is 11.0. The van der Waals surface area contributed by atoms with Gasteiger partial charge in [0.2, 0.25) is 0 Å². The van der Waals surface area contributed by atoms with Gasteiger partial charge in [0.25, 0.3) is 10.1 Å². The number of rotatable bonds is 27. The number of fused-ring (bicyclic) bond motifs is 2. The van der Waals surface area contributed by atoms with Gasteiger partial charge in [-0.25, -0.2) is 0 Å². The molecule has 0 spiro atoms. The molecule has 0 bridgehead atoms. The van der Waals surface area contributed by atoms with E-state index in [2.05, 4.69) is 169 Å². The van der Waals surface area contributed by atoms with Crippen molar-refractivity contribution in [3.63, 3.8) is 0 Å². The minimum absolute atomic E-state index is 0.153. The largest absolute Gasteiger partial charge is 0.309 e. The standard InChI is InChI=1S/C32H49NS2.C28H40O3S2/c1-26-15-18-28(19-16-26)32(3)25-35-31-24-27(2)17-20-29(31)30(32)14-11-9-7-6-8-10-12-22-34-23-13-21-33(4)5;1-22-13-16-24(17-14-22)28(3)21-32-27-20-23(2)15-18-25(27)26(28)12-10-8-6-5-7-9-11-19-31-33(4,29)30/h15-20,24,30H,6-14,21-23,25H2,1-5H3;13-18,20,26H,5-12,19,21H2,1-4H3. The molecule has 0 amide bonds. The molecule has 2 aliphatic rings. The SMILES string of the molecule is Cc1ccc(C2(C)CSc3cc(C)ccc3C2CCCCCCCCCOS(C)(=O)=O)cc1.Cc1ccc(C2(C)CSc3cc(C)ccc3C2CCCCCCCCCSCCCN(C)C)cc1. The first-order valence-corrected chi connectivity index (χ1v) is 31.2. The Morgan fingerprint density at radius 3 is 1.35 bits per heavy atom. The molecule has 4 aromatic carbocycles. The van der Waals surface area contributed by atoms with Gasteiger partial charge in [-0.2, -0.15) is 20.2 Å². The van der Waals surface area contributed by atoms with E-state index >= 15 is 0 Å². The van der Waals surface area contributed by atoms with Crippen molar-refractivity contribution >= 4 is 45.4 Å². The molecule has 4 atom stereocenters. The molecule has 2 heterocycles. The monoisotopic (exact) mass is 1000 g/mol. The summed E-state index contributed by atoms with van der Waals surface area (Å²) in [5.74, 6) is 6.15. The Kier molecular flexibility index (Phi) is 24.0. The van der Waals surface area contributed by atoms with Gasteiger partial charge in [-0.15, -0.1) is 23.5 Å². The number of aryl methyl sites for hydroxylation is 4. The van der Waals surface area contributed by atoms with Crippen molar-refractivity contribution in [1.82, 2.24) is 4.90 Å². The first-order chi connectivity index (χ1) is 32.6. The van der Waals surface area contributed by atoms with Crippen molar-refractivity contribution in [2.24, 2.45) is 0 Å². The number of hydrogen-bond acceptors (Lipinski definition) is 7. The van der Waals surface area contributed by atoms with Gasteiger partial charge in [-0.05, 0) is 138 Å². The van der Waals surface area contributed by atoms with E-state index in [-0.39, 0.29) is 10.8 Å². The molecule has 0 radical (unpaired) electrons. The molecule has 8 heteroatoms. The smallest absolute Gasteiger partial charge is 0.264 e. The van der Waals surface area contributed by atoms with Crippen LogP contribution in [0.15, 0.2) is 94.7 Å². The molecule has 0 aliphatic carbocycles. The highest BCUT2D eigenvalue weighted by Crippen LogP contribution is 2.53. The predicted octanol–water partition coefficient (Wildman–Crippen LogP) is 16.8. The van der Waals surface area contributed by atoms with E-state index < -0.39 is 10.1 Å². The molecule has 0 fully saturated rings. The van der Waals surface area contributed by atoms with Crippen molar-refractivity contribution in [3.05, 3.63) is 129 Å². The van der Waals surface area contributed by atoms with Crippen LogP contribution in [0.2, 0.25) is 0 Å². The van der Waals surface area contributed by atoms with Crippen LogP contribution < -0.4 is 0 Å². The van der Waals surface area contributed by atoms with Gasteiger partial charge in [0, 0.05) is 32.1 Å². The summed E-state index contributed by atoms with van der Waals surface area (Å²) in [6, 6.07) is 32.8. The maximum absolute atomic E-state index is 11.0. The lowest BCUT2D eigenvalue weighted by Crippen LogP contribution is -2.36. The summed E-state index contributed by atoms with van der Waals surface area (Å²) in [4.78, 5) is 5.29. The van der Waals surface area contributed by atoms with Crippen molar-refractivity contribution in [2.45, 2.75) is 183 Å². The molecule has 6 rings (SSSR count). The van der Waals surface area contributed by atoms with E-state index in [4.69, 9.17) is 4.18 Å². The zero-order valence-corrected chi connectivity index (χ0v) is 47.1. The first-order valence-electron chi connectivity index (χ1n) is 26.3. The molecule has 68 heavy (non-hydrogen) atoms. The Morgan fingerprint density at radius 1 is 0.544 bits per heavy atom. The van der Waals surface area contributed by atoms with Gasteiger partial charge in [0.15, 0.2) is 0 Å². The van der Waals surface area contributed by atoms with Crippen LogP contribution in [0.25, 0.3) is 0 Å². The Labute approximate surface area is 429 Å². The maximum Gasteiger partial charge on any atom is 0.264 e. The lowest BCUT2D eigenvalue weighted by molar-refractivity contribution is 0.309. The van der Waals surface area contributed by atoms with Crippen LogP contribution in [0.4, 0.5) is 0 Å². The number of nitrogens with zero attached hydrogens (tertiary/aromatic N) is 1. The molecule has 0 saturated carbocycles. The highest BCUT2D eigenvalue weighted by Gasteiger charge is 2.42. The van der Waals surface area contributed by atoms with E-state index in [1.807, 2.05) is 11.8 Å². The minimum atomic E-state index is -3.30. The molecular weight excluding hydrogens is 911 g/mol. The van der Waals surface area contributed by atoms with Gasteiger partial charge in [0.1, 0.15) is 0 Å². The molecule has 2 aliphatic heterocycles. The van der Waals surface area contributed by atoms with Crippen molar-refractivity contribution in [2.75, 3.05) is 56.5 Å². The van der Waals surface area contributed by atoms with Crippen molar-refractivity contribution in [3.8, 4) is 0 Å². The zero-order valence-electron chi connectivity index (χ0n) is 43.8. The average Bonchev–Trinajstić information content (AvgIpc) is 3.30. The predicted molar refractivity (Wildman–Crippen MR) is 302 cm³/mol. The quantitative estimate of drug-likeness (QED) is 0.0436. The summed E-state index contributed by atoms with van der Waals surface area (Å²) < 4.78 is 26.8. The number of thioether (sulfide) groups is 3. The normalized spacial score (nSPS) is 20.1. The van der Waals surface area contributed by atoms with Gasteiger partial charge in [-0.1, -0.05) is 186 Å². The molecule has 4 unspecified atom stereocenters. The third-order valence-corrected chi connectivity index (χ3v) is 19.3. The number of unbranched alkanes of at least 4 members (excludes halogenated alkanes) is 12. The van der Waals surface area contributed by atoms with Crippen molar-refractivity contribution in [1.29, 1.82) is 0 Å². The molecule has 0 saturated heterocycles. The van der Waals surface area contributed by atoms with Crippen molar-refractivity contribution < 1.29 is 12.6 Å². The summed E-state index contributed by atoms with van der Waals surface area (Å²) in [7, 11) is 1.04. The van der Waals surface area contributed by atoms with E-state index in [0.29, 0.717) is 18.4 Å². The molecule has 0 aromatic heterocycles. The fraction of sp³-hybridized carbons (Fsp3) is 0.600. The summed E-state index contributed by atoms with van der Waals surface area (Å²) in [6.07, 6.45) is 22.7. The van der Waals surface area contributed by atoms with E-state index in [1.165, 1.54) is 162 Å². The second kappa shape index (κ2) is 28.7. The Balaban J connectivity index is 0.000000255. The lowest BCUT2D eigenvalue weighted by Gasteiger charge is -2.43. The lowest BCUT2D eigenvalue weighted by atomic mass is 9.67. The van der Waals surface area contributed by atoms with Gasteiger partial charge >= 0.3 is 0 Å². The summed E-state index contributed by atoms with van der Waals surface area (Å²) in [5.41, 5.74) is 11.9. The average molecular weight is 1000 g/mol. The molecule has 4 aromatic rings. The van der Waals surface area contributed by atoms with E-state index in [0.717, 1.165) is 31.3 Å². The zero-order chi connectivity index (χ0) is 49.0. The highest BCUT2D eigenvalue weighted by atomic mass is 32.2. The molecule has 0 N–H and O–H groups in total. The van der Waals surface area contributed by atoms with Crippen LogP contribution in [-0.2, 0) is 25.1 Å². The van der Waals surface area contributed by atoms with E-state index in [9.17, 15) is 8.42 Å². The third kappa shape index (κ3) is 18.1. The van der Waals surface area contributed by atoms with Crippen LogP contribution in [0.1, 0.15) is 179 Å². The van der Waals surface area contributed by atoms with Crippen LogP contribution in [0, 0.1) is 27.7 Å². The highest BCUT2D eigenvalue weighted by molar-refractivity contribution is 7.99. The topological polar surface area (TPSA) is 46.6 Å². The van der Waals surface area contributed by atoms with Crippen LogP contribution in [-0.4, -0.2) is 69.8 Å². The summed E-state index contributed by atoms with van der Waals surface area (Å²) in [6.45, 7) is 15.3. The van der Waals surface area contributed by atoms with Gasteiger partial charge in [0.05, 0.1) is 12.9 Å². The third-order valence-electron chi connectivity index (χ3n) is 14.7. The summed E-state index contributed by atoms with van der Waals surface area (Å²) in [5, 5.41) is 0. The molecule has 4 nitrogen and oxygen atoms in total. The van der Waals surface area contributed by atoms with Crippen LogP contribution in [0.5, 0.6) is 0 Å². The minimum Gasteiger partial charge on any atom is -0.309 e. The number of hydrogen-bond donors (Lipinski definition) is 0. The first kappa shape index (κ1) is 56.7. The summed E-state index contributed by atoms with van der Waals surface area (Å²) >= 11 is 6.24. The van der Waals surface area contributed by atoms with E-state index in [1.54, 1.807) is 5.56 Å². The second-order valence-corrected chi connectivity index (χ2v) is 26.1. The fourth-order valence-electron chi connectivity index (χ4n) is 10.4. The van der Waals surface area contributed by atoms with Gasteiger partial charge in [-0.3, -0.25) is 4.18 Å². The Bertz CT molecular complexity index is 2190. The Morgan fingerprint density at radius 2 is 0.926 bits per heavy atom. The molecule has 376 valence electrons.